The molecule has 0 saturated heterocycles. The van der Waals surface area contributed by atoms with E-state index in [1.807, 2.05) is 31.2 Å². The number of benzene rings is 2. The first-order valence-electron chi connectivity index (χ1n) is 7.22. The summed E-state index contributed by atoms with van der Waals surface area (Å²) in [5, 5.41) is 9.58. The Morgan fingerprint density at radius 2 is 1.74 bits per heavy atom. The number of para-hydroxylation sites is 1. The quantitative estimate of drug-likeness (QED) is 0.861. The predicted octanol–water partition coefficient (Wildman–Crippen LogP) is 2.52. The molecule has 0 atom stereocenters. The summed E-state index contributed by atoms with van der Waals surface area (Å²) in [7, 11) is 1.65. The van der Waals surface area contributed by atoms with Crippen molar-refractivity contribution in [1.82, 2.24) is 4.90 Å². The zero-order valence-electron chi connectivity index (χ0n) is 13.2. The van der Waals surface area contributed by atoms with Crippen LogP contribution in [0.3, 0.4) is 0 Å². The molecule has 2 aromatic carbocycles. The molecule has 5 heteroatoms. The molecule has 0 heterocycles. The van der Waals surface area contributed by atoms with Crippen LogP contribution in [0.2, 0.25) is 0 Å². The first-order valence-corrected chi connectivity index (χ1v) is 7.22. The second-order valence-electron chi connectivity index (χ2n) is 5.33. The SMILES string of the molecule is Cc1ccc(CN(C)C(=O)COC(=O)c2ccccc2O)cc1. The van der Waals surface area contributed by atoms with Crippen LogP contribution < -0.4 is 0 Å². The Kier molecular flexibility index (Phi) is 5.36. The number of rotatable bonds is 5. The molecular weight excluding hydrogens is 294 g/mol. The van der Waals surface area contributed by atoms with E-state index in [0.717, 1.165) is 11.1 Å². The van der Waals surface area contributed by atoms with Gasteiger partial charge in [-0.1, -0.05) is 42.0 Å². The molecule has 1 amide bonds. The number of phenolic OH excluding ortho intramolecular Hbond substituents is 1. The van der Waals surface area contributed by atoms with Crippen LogP contribution in [0.4, 0.5) is 0 Å². The van der Waals surface area contributed by atoms with Crippen LogP contribution in [0.25, 0.3) is 0 Å². The van der Waals surface area contributed by atoms with Crippen molar-refractivity contribution in [3.05, 3.63) is 65.2 Å². The highest BCUT2D eigenvalue weighted by Crippen LogP contribution is 2.16. The number of likely N-dealkylation sites (N-methyl/N-ethyl adjacent to an activating group) is 1. The number of aromatic hydroxyl groups is 1. The summed E-state index contributed by atoms with van der Waals surface area (Å²) in [4.78, 5) is 25.3. The van der Waals surface area contributed by atoms with Gasteiger partial charge in [-0.25, -0.2) is 4.79 Å². The molecule has 0 spiro atoms. The van der Waals surface area contributed by atoms with E-state index in [4.69, 9.17) is 4.74 Å². The maximum atomic E-state index is 12.0. The summed E-state index contributed by atoms with van der Waals surface area (Å²) in [5.41, 5.74) is 2.19. The summed E-state index contributed by atoms with van der Waals surface area (Å²) < 4.78 is 4.96. The Labute approximate surface area is 135 Å². The Morgan fingerprint density at radius 3 is 2.39 bits per heavy atom. The summed E-state index contributed by atoms with van der Waals surface area (Å²) in [5.74, 6) is -1.20. The zero-order valence-corrected chi connectivity index (χ0v) is 13.2. The molecule has 0 bridgehead atoms. The molecule has 0 aromatic heterocycles. The van der Waals surface area contributed by atoms with Gasteiger partial charge in [-0.3, -0.25) is 4.79 Å². The molecule has 120 valence electrons. The standard InChI is InChI=1S/C18H19NO4/c1-13-7-9-14(10-8-13)11-19(2)17(21)12-23-18(22)15-5-3-4-6-16(15)20/h3-10,20H,11-12H2,1-2H3. The average Bonchev–Trinajstić information content (AvgIpc) is 2.54. The maximum absolute atomic E-state index is 12.0. The number of amides is 1. The van der Waals surface area contributed by atoms with Crippen LogP contribution >= 0.6 is 0 Å². The molecule has 0 aliphatic rings. The van der Waals surface area contributed by atoms with Crippen LogP contribution in [0.15, 0.2) is 48.5 Å². The number of carbonyl (C=O) groups excluding carboxylic acids is 2. The third-order valence-electron chi connectivity index (χ3n) is 3.42. The van der Waals surface area contributed by atoms with Crippen molar-refractivity contribution >= 4 is 11.9 Å². The van der Waals surface area contributed by atoms with Gasteiger partial charge in [0.25, 0.3) is 5.91 Å². The molecular formula is C18H19NO4. The first-order chi connectivity index (χ1) is 11.0. The molecule has 0 radical (unpaired) electrons. The number of hydrogen-bond donors (Lipinski definition) is 1. The second kappa shape index (κ2) is 7.45. The molecule has 0 aliphatic carbocycles. The Balaban J connectivity index is 1.87. The molecule has 0 unspecified atom stereocenters. The van der Waals surface area contributed by atoms with Crippen LogP contribution in [0, 0.1) is 6.92 Å². The van der Waals surface area contributed by atoms with Crippen LogP contribution in [0.5, 0.6) is 5.75 Å². The minimum absolute atomic E-state index is 0.0430. The summed E-state index contributed by atoms with van der Waals surface area (Å²) >= 11 is 0. The highest BCUT2D eigenvalue weighted by Gasteiger charge is 2.16. The van der Waals surface area contributed by atoms with E-state index in [1.54, 1.807) is 19.2 Å². The Bertz CT molecular complexity index is 694. The minimum Gasteiger partial charge on any atom is -0.507 e. The monoisotopic (exact) mass is 313 g/mol. The molecule has 2 aromatic rings. The van der Waals surface area contributed by atoms with Gasteiger partial charge in [-0.05, 0) is 24.6 Å². The van der Waals surface area contributed by atoms with Gasteiger partial charge in [0, 0.05) is 13.6 Å². The normalized spacial score (nSPS) is 10.2. The summed E-state index contributed by atoms with van der Waals surface area (Å²) in [6.07, 6.45) is 0. The molecule has 0 fully saturated rings. The van der Waals surface area contributed by atoms with E-state index in [-0.39, 0.29) is 23.8 Å². The fourth-order valence-electron chi connectivity index (χ4n) is 2.02. The fourth-order valence-corrected chi connectivity index (χ4v) is 2.02. The lowest BCUT2D eigenvalue weighted by molar-refractivity contribution is -0.133. The Morgan fingerprint density at radius 1 is 1.09 bits per heavy atom. The molecule has 2 rings (SSSR count). The van der Waals surface area contributed by atoms with Gasteiger partial charge >= 0.3 is 5.97 Å². The largest absolute Gasteiger partial charge is 0.507 e. The minimum atomic E-state index is -0.722. The van der Waals surface area contributed by atoms with Gasteiger partial charge in [0.1, 0.15) is 11.3 Å². The molecule has 1 N–H and O–H groups in total. The van der Waals surface area contributed by atoms with Crippen molar-refractivity contribution in [2.45, 2.75) is 13.5 Å². The van der Waals surface area contributed by atoms with E-state index in [9.17, 15) is 14.7 Å². The fraction of sp³-hybridized carbons (Fsp3) is 0.222. The number of ether oxygens (including phenoxy) is 1. The van der Waals surface area contributed by atoms with Gasteiger partial charge in [-0.2, -0.15) is 0 Å². The summed E-state index contributed by atoms with van der Waals surface area (Å²) in [6.45, 7) is 2.07. The molecule has 0 aliphatic heterocycles. The van der Waals surface area contributed by atoms with E-state index in [0.29, 0.717) is 6.54 Å². The van der Waals surface area contributed by atoms with E-state index in [1.165, 1.54) is 17.0 Å². The number of esters is 1. The lowest BCUT2D eigenvalue weighted by Gasteiger charge is -2.17. The maximum Gasteiger partial charge on any atom is 0.342 e. The van der Waals surface area contributed by atoms with Gasteiger partial charge in [-0.15, -0.1) is 0 Å². The van der Waals surface area contributed by atoms with Crippen LogP contribution in [0.1, 0.15) is 21.5 Å². The predicted molar refractivity (Wildman–Crippen MR) is 86.0 cm³/mol. The van der Waals surface area contributed by atoms with Gasteiger partial charge in [0.15, 0.2) is 6.61 Å². The van der Waals surface area contributed by atoms with E-state index >= 15 is 0 Å². The summed E-state index contributed by atoms with van der Waals surface area (Å²) in [6, 6.07) is 13.9. The molecule has 0 saturated carbocycles. The third-order valence-corrected chi connectivity index (χ3v) is 3.42. The van der Waals surface area contributed by atoms with E-state index < -0.39 is 5.97 Å². The topological polar surface area (TPSA) is 66.8 Å². The zero-order chi connectivity index (χ0) is 16.8. The first kappa shape index (κ1) is 16.5. The van der Waals surface area contributed by atoms with Crippen LogP contribution in [-0.4, -0.2) is 35.5 Å². The smallest absolute Gasteiger partial charge is 0.342 e. The van der Waals surface area contributed by atoms with Gasteiger partial charge in [0.05, 0.1) is 0 Å². The van der Waals surface area contributed by atoms with Crippen molar-refractivity contribution in [3.8, 4) is 5.75 Å². The Hall–Kier alpha value is -2.82. The van der Waals surface area contributed by atoms with Gasteiger partial charge < -0.3 is 14.7 Å². The molecule has 5 nitrogen and oxygen atoms in total. The number of nitrogens with zero attached hydrogens (tertiary/aromatic N) is 1. The lowest BCUT2D eigenvalue weighted by atomic mass is 10.1. The highest BCUT2D eigenvalue weighted by atomic mass is 16.5. The van der Waals surface area contributed by atoms with Gasteiger partial charge in [0.2, 0.25) is 0 Å². The van der Waals surface area contributed by atoms with Crippen molar-refractivity contribution in [2.75, 3.05) is 13.7 Å². The van der Waals surface area contributed by atoms with Crippen molar-refractivity contribution in [1.29, 1.82) is 0 Å². The van der Waals surface area contributed by atoms with Crippen molar-refractivity contribution in [2.24, 2.45) is 0 Å². The highest BCUT2D eigenvalue weighted by molar-refractivity contribution is 5.93. The average molecular weight is 313 g/mol. The second-order valence-corrected chi connectivity index (χ2v) is 5.33. The van der Waals surface area contributed by atoms with E-state index in [2.05, 4.69) is 0 Å². The number of phenols is 1. The number of carbonyl (C=O) groups is 2. The van der Waals surface area contributed by atoms with Crippen molar-refractivity contribution < 1.29 is 19.4 Å². The van der Waals surface area contributed by atoms with Crippen LogP contribution in [-0.2, 0) is 16.1 Å². The number of hydrogen-bond acceptors (Lipinski definition) is 4. The molecule has 23 heavy (non-hydrogen) atoms. The lowest BCUT2D eigenvalue weighted by Crippen LogP contribution is -2.30. The van der Waals surface area contributed by atoms with Crippen molar-refractivity contribution in [3.63, 3.8) is 0 Å². The third kappa shape index (κ3) is 4.57. The number of aryl methyl sites for hydroxylation is 1.